The first-order chi connectivity index (χ1) is 18.5. The predicted octanol–water partition coefficient (Wildman–Crippen LogP) is 4.64. The van der Waals surface area contributed by atoms with Crippen molar-refractivity contribution < 1.29 is 14.3 Å². The molecule has 8 heteroatoms. The third-order valence-electron chi connectivity index (χ3n) is 7.42. The van der Waals surface area contributed by atoms with E-state index in [0.29, 0.717) is 25.3 Å². The topological polar surface area (TPSA) is 83.3 Å². The third-order valence-corrected chi connectivity index (χ3v) is 7.42. The lowest BCUT2D eigenvalue weighted by atomic mass is 9.97. The summed E-state index contributed by atoms with van der Waals surface area (Å²) in [4.78, 5) is 24.4. The number of pyridine rings is 1. The molecular weight excluding hydrogens is 481 g/mol. The molecule has 0 unspecified atom stereocenters. The highest BCUT2D eigenvalue weighted by Gasteiger charge is 2.19. The standard InChI is InChI=1S/C30H34FN5O2/c1-21(24-6-10-26(11-7-24)35-17-14-23(20-37)15-18-35)33-29(38)13-12-28-34-27-3-2-16-32-30(27)36(28)19-22-4-8-25(31)9-5-22/h2-11,16,21,23,37H,12-15,17-20H2,1H3,(H,33,38)/t21-/m0/s1. The Morgan fingerprint density at radius 1 is 1.11 bits per heavy atom. The zero-order valence-corrected chi connectivity index (χ0v) is 21.7. The van der Waals surface area contributed by atoms with E-state index in [-0.39, 0.29) is 24.4 Å². The number of piperidine rings is 1. The van der Waals surface area contributed by atoms with Gasteiger partial charge in [0.2, 0.25) is 5.91 Å². The summed E-state index contributed by atoms with van der Waals surface area (Å²) >= 11 is 0. The highest BCUT2D eigenvalue weighted by Crippen LogP contribution is 2.25. The van der Waals surface area contributed by atoms with E-state index in [0.717, 1.165) is 54.0 Å². The van der Waals surface area contributed by atoms with Gasteiger partial charge in [-0.25, -0.2) is 14.4 Å². The molecule has 0 bridgehead atoms. The number of fused-ring (bicyclic) bond motifs is 1. The molecule has 1 aliphatic rings. The van der Waals surface area contributed by atoms with Crippen molar-refractivity contribution in [1.29, 1.82) is 0 Å². The van der Waals surface area contributed by atoms with E-state index in [2.05, 4.69) is 39.5 Å². The summed E-state index contributed by atoms with van der Waals surface area (Å²) in [7, 11) is 0. The van der Waals surface area contributed by atoms with Crippen molar-refractivity contribution in [3.63, 3.8) is 0 Å². The summed E-state index contributed by atoms with van der Waals surface area (Å²) in [6, 6.07) is 18.4. The van der Waals surface area contributed by atoms with Crippen molar-refractivity contribution in [1.82, 2.24) is 19.9 Å². The number of hydrogen-bond acceptors (Lipinski definition) is 5. The first-order valence-electron chi connectivity index (χ1n) is 13.3. The average Bonchev–Trinajstić information content (AvgIpc) is 3.30. The van der Waals surface area contributed by atoms with Crippen molar-refractivity contribution in [2.75, 3.05) is 24.6 Å². The van der Waals surface area contributed by atoms with Gasteiger partial charge in [-0.3, -0.25) is 4.79 Å². The molecule has 5 rings (SSSR count). The van der Waals surface area contributed by atoms with Gasteiger partial charge in [0, 0.05) is 44.4 Å². The normalized spacial score (nSPS) is 15.1. The molecule has 1 aliphatic heterocycles. The number of hydrogen-bond donors (Lipinski definition) is 2. The number of aromatic nitrogens is 3. The van der Waals surface area contributed by atoms with E-state index in [1.165, 1.54) is 17.8 Å². The number of rotatable bonds is 9. The van der Waals surface area contributed by atoms with Crippen LogP contribution in [0.2, 0.25) is 0 Å². The number of imidazole rings is 1. The molecule has 3 heterocycles. The minimum absolute atomic E-state index is 0.0407. The van der Waals surface area contributed by atoms with E-state index in [1.807, 2.05) is 23.6 Å². The number of benzene rings is 2. The molecule has 1 fully saturated rings. The monoisotopic (exact) mass is 515 g/mol. The van der Waals surface area contributed by atoms with E-state index in [1.54, 1.807) is 18.3 Å². The summed E-state index contributed by atoms with van der Waals surface area (Å²) in [5, 5.41) is 12.5. The van der Waals surface area contributed by atoms with Gasteiger partial charge in [-0.1, -0.05) is 24.3 Å². The number of amides is 1. The second kappa shape index (κ2) is 11.7. The maximum atomic E-state index is 13.4. The Morgan fingerprint density at radius 2 is 1.84 bits per heavy atom. The van der Waals surface area contributed by atoms with Gasteiger partial charge >= 0.3 is 0 Å². The number of aliphatic hydroxyl groups is 1. The average molecular weight is 516 g/mol. The van der Waals surface area contributed by atoms with Crippen LogP contribution < -0.4 is 10.2 Å². The molecular formula is C30H34FN5O2. The largest absolute Gasteiger partial charge is 0.396 e. The van der Waals surface area contributed by atoms with Gasteiger partial charge in [0.25, 0.3) is 0 Å². The fourth-order valence-corrected chi connectivity index (χ4v) is 5.10. The Kier molecular flexibility index (Phi) is 7.98. The zero-order chi connectivity index (χ0) is 26.5. The first-order valence-corrected chi connectivity index (χ1v) is 13.3. The quantitative estimate of drug-likeness (QED) is 0.339. The number of carbonyl (C=O) groups is 1. The van der Waals surface area contributed by atoms with E-state index in [9.17, 15) is 14.3 Å². The number of nitrogens with zero attached hydrogens (tertiary/aromatic N) is 4. The third kappa shape index (κ3) is 6.02. The molecule has 1 saturated heterocycles. The van der Waals surface area contributed by atoms with Gasteiger partial charge in [-0.05, 0) is 73.2 Å². The lowest BCUT2D eigenvalue weighted by Gasteiger charge is -2.33. The molecule has 0 saturated carbocycles. The van der Waals surface area contributed by atoms with Crippen molar-refractivity contribution in [2.24, 2.45) is 5.92 Å². The fourth-order valence-electron chi connectivity index (χ4n) is 5.10. The van der Waals surface area contributed by atoms with Crippen LogP contribution in [0.5, 0.6) is 0 Å². The van der Waals surface area contributed by atoms with Gasteiger partial charge in [-0.2, -0.15) is 0 Å². The fraction of sp³-hybridized carbons (Fsp3) is 0.367. The molecule has 2 N–H and O–H groups in total. The van der Waals surface area contributed by atoms with Crippen molar-refractivity contribution >= 4 is 22.8 Å². The lowest BCUT2D eigenvalue weighted by Crippen LogP contribution is -2.34. The highest BCUT2D eigenvalue weighted by molar-refractivity contribution is 5.77. The SMILES string of the molecule is C[C@H](NC(=O)CCc1nc2cccnc2n1Cc1ccc(F)cc1)c1ccc(N2CCC(CO)CC2)cc1. The predicted molar refractivity (Wildman–Crippen MR) is 146 cm³/mol. The summed E-state index contributed by atoms with van der Waals surface area (Å²) in [6.45, 7) is 4.68. The second-order valence-corrected chi connectivity index (χ2v) is 10.1. The Balaban J connectivity index is 1.20. The van der Waals surface area contributed by atoms with Gasteiger partial charge < -0.3 is 19.9 Å². The lowest BCUT2D eigenvalue weighted by molar-refractivity contribution is -0.121. The Labute approximate surface area is 222 Å². The molecule has 1 amide bonds. The van der Waals surface area contributed by atoms with Crippen LogP contribution in [0.4, 0.5) is 10.1 Å². The van der Waals surface area contributed by atoms with Crippen LogP contribution in [-0.4, -0.2) is 45.2 Å². The number of carbonyl (C=O) groups excluding carboxylic acids is 1. The van der Waals surface area contributed by atoms with Crippen LogP contribution in [0, 0.1) is 11.7 Å². The van der Waals surface area contributed by atoms with Crippen LogP contribution >= 0.6 is 0 Å². The summed E-state index contributed by atoms with van der Waals surface area (Å²) < 4.78 is 15.4. The number of aryl methyl sites for hydroxylation is 1. The molecule has 7 nitrogen and oxygen atoms in total. The van der Waals surface area contributed by atoms with Gasteiger partial charge in [0.05, 0.1) is 12.6 Å². The molecule has 4 aromatic rings. The summed E-state index contributed by atoms with van der Waals surface area (Å²) in [6.07, 6.45) is 4.52. The molecule has 1 atom stereocenters. The smallest absolute Gasteiger partial charge is 0.220 e. The minimum Gasteiger partial charge on any atom is -0.396 e. The highest BCUT2D eigenvalue weighted by atomic mass is 19.1. The zero-order valence-electron chi connectivity index (χ0n) is 21.7. The Morgan fingerprint density at radius 3 is 2.55 bits per heavy atom. The molecule has 2 aromatic heterocycles. The van der Waals surface area contributed by atoms with Crippen LogP contribution in [0.1, 0.15) is 49.2 Å². The van der Waals surface area contributed by atoms with E-state index in [4.69, 9.17) is 4.98 Å². The number of aliphatic hydroxyl groups excluding tert-OH is 1. The number of halogens is 1. The van der Waals surface area contributed by atoms with E-state index < -0.39 is 0 Å². The second-order valence-electron chi connectivity index (χ2n) is 10.1. The van der Waals surface area contributed by atoms with Gasteiger partial charge in [0.1, 0.15) is 17.2 Å². The van der Waals surface area contributed by atoms with Crippen LogP contribution in [0.25, 0.3) is 11.2 Å². The minimum atomic E-state index is -0.272. The van der Waals surface area contributed by atoms with Crippen molar-refractivity contribution in [3.8, 4) is 0 Å². The molecule has 2 aromatic carbocycles. The van der Waals surface area contributed by atoms with Gasteiger partial charge in [0.15, 0.2) is 5.65 Å². The Hall–Kier alpha value is -3.78. The number of nitrogens with one attached hydrogen (secondary N) is 1. The summed E-state index contributed by atoms with van der Waals surface area (Å²) in [5.74, 6) is 0.878. The number of anilines is 1. The van der Waals surface area contributed by atoms with Crippen molar-refractivity contribution in [2.45, 2.75) is 45.2 Å². The maximum absolute atomic E-state index is 13.4. The first kappa shape index (κ1) is 25.9. The van der Waals surface area contributed by atoms with Crippen LogP contribution in [0.3, 0.4) is 0 Å². The van der Waals surface area contributed by atoms with Crippen LogP contribution in [0.15, 0.2) is 66.9 Å². The van der Waals surface area contributed by atoms with Crippen LogP contribution in [-0.2, 0) is 17.8 Å². The molecule has 0 radical (unpaired) electrons. The molecule has 38 heavy (non-hydrogen) atoms. The van der Waals surface area contributed by atoms with Crippen molar-refractivity contribution in [3.05, 3.63) is 89.6 Å². The molecule has 198 valence electrons. The summed E-state index contributed by atoms with van der Waals surface area (Å²) in [5.41, 5.74) is 4.70. The molecule has 0 aliphatic carbocycles. The Bertz CT molecular complexity index is 1360. The maximum Gasteiger partial charge on any atom is 0.220 e. The van der Waals surface area contributed by atoms with E-state index >= 15 is 0 Å². The molecule has 0 spiro atoms. The van der Waals surface area contributed by atoms with Gasteiger partial charge in [-0.15, -0.1) is 0 Å².